The molecule has 3 aromatic heterocycles. The molecule has 7 rings (SSSR count). The van der Waals surface area contributed by atoms with Crippen LogP contribution in [0.25, 0.3) is 33.4 Å². The minimum atomic E-state index is -1.01. The second-order valence-corrected chi connectivity index (χ2v) is 14.1. The number of carbonyl (C=O) groups is 2. The van der Waals surface area contributed by atoms with Crippen molar-refractivity contribution >= 4 is 34.1 Å². The molecule has 1 aromatic carbocycles. The van der Waals surface area contributed by atoms with Crippen LogP contribution in [0.5, 0.6) is 0 Å². The molecular formula is C35H42N6O5S. The smallest absolute Gasteiger partial charge is 0.324 e. The summed E-state index contributed by atoms with van der Waals surface area (Å²) in [5.41, 5.74) is 16.1. The maximum Gasteiger partial charge on any atom is 0.324 e. The van der Waals surface area contributed by atoms with E-state index in [0.29, 0.717) is 31.0 Å². The molecule has 2 aliphatic heterocycles. The second-order valence-electron chi connectivity index (χ2n) is 13.2. The molecule has 3 unspecified atom stereocenters. The lowest BCUT2D eigenvalue weighted by molar-refractivity contribution is -0.156. The van der Waals surface area contributed by atoms with Crippen LogP contribution >= 0.6 is 11.3 Å². The summed E-state index contributed by atoms with van der Waals surface area (Å²) in [6, 6.07) is 8.84. The van der Waals surface area contributed by atoms with Crippen LogP contribution in [-0.4, -0.2) is 70.4 Å². The number of aryl methyl sites for hydroxylation is 1. The minimum absolute atomic E-state index is 0.143. The maximum absolute atomic E-state index is 13.7. The zero-order chi connectivity index (χ0) is 33.0. The van der Waals surface area contributed by atoms with Gasteiger partial charge in [0, 0.05) is 71.7 Å². The number of ether oxygens (including phenoxy) is 3. The molecule has 0 spiro atoms. The number of hydrogen-bond donors (Lipinski definition) is 2. The topological polar surface area (TPSA) is 134 Å². The standard InChI is InChI=1S/C35H42N6O5S/c1-6-40-24-13-12-19-16-21(24)25-26(30(44-5)28-20(29(25)40)10-8-14-37-28)35(3,4)18-46-34(43)22-11-9-15-41(39-22)33(42)27(36)31(45-7-2)32-38-23(19)17-47-32/h8,10,12-14,16-17,22,26-27,30-31,39H,6-7,9,11,15,18,36H2,1-5H3/t22-,26?,27?,30?,31-/m0/s1. The number of nitrogens with one attached hydrogen (secondary N) is 1. The number of nitrogens with zero attached hydrogens (tertiary/aromatic N) is 4. The summed E-state index contributed by atoms with van der Waals surface area (Å²) < 4.78 is 20.8. The molecule has 47 heavy (non-hydrogen) atoms. The lowest BCUT2D eigenvalue weighted by Gasteiger charge is -2.42. The highest BCUT2D eigenvalue weighted by atomic mass is 32.1. The molecule has 3 N–H and O–H groups in total. The Morgan fingerprint density at radius 1 is 1.19 bits per heavy atom. The highest BCUT2D eigenvalue weighted by molar-refractivity contribution is 7.10. The fourth-order valence-electron chi connectivity index (χ4n) is 7.61. The van der Waals surface area contributed by atoms with Crippen LogP contribution in [0.3, 0.4) is 0 Å². The van der Waals surface area contributed by atoms with Gasteiger partial charge in [0.25, 0.3) is 5.91 Å². The van der Waals surface area contributed by atoms with E-state index in [4.69, 9.17) is 29.9 Å². The van der Waals surface area contributed by atoms with Gasteiger partial charge in [0.2, 0.25) is 0 Å². The zero-order valence-electron chi connectivity index (χ0n) is 27.5. The third-order valence-corrected chi connectivity index (χ3v) is 10.7. The monoisotopic (exact) mass is 658 g/mol. The Morgan fingerprint density at radius 3 is 2.79 bits per heavy atom. The summed E-state index contributed by atoms with van der Waals surface area (Å²) >= 11 is 1.43. The number of nitrogens with two attached hydrogens (primary N) is 1. The highest BCUT2D eigenvalue weighted by Crippen LogP contribution is 2.57. The summed E-state index contributed by atoms with van der Waals surface area (Å²) in [6.45, 7) is 9.95. The first kappa shape index (κ1) is 31.9. The average Bonchev–Trinajstić information content (AvgIpc) is 3.71. The van der Waals surface area contributed by atoms with E-state index in [9.17, 15) is 9.59 Å². The number of carbonyl (C=O) groups excluding carboxylic acids is 2. The molecule has 12 heteroatoms. The number of hydrogen-bond acceptors (Lipinski definition) is 10. The number of methoxy groups -OCH3 is 1. The van der Waals surface area contributed by atoms with Gasteiger partial charge in [0.15, 0.2) is 0 Å². The number of benzene rings is 1. The van der Waals surface area contributed by atoms with Gasteiger partial charge >= 0.3 is 5.97 Å². The molecule has 248 valence electrons. The van der Waals surface area contributed by atoms with E-state index < -0.39 is 29.6 Å². The van der Waals surface area contributed by atoms with Crippen molar-refractivity contribution in [1.29, 1.82) is 0 Å². The number of cyclic esters (lactones) is 1. The number of hydrazine groups is 1. The summed E-state index contributed by atoms with van der Waals surface area (Å²) in [6.07, 6.45) is 1.87. The number of pyridine rings is 1. The number of esters is 1. The van der Waals surface area contributed by atoms with E-state index in [1.807, 2.05) is 24.6 Å². The SMILES string of the molecule is CCO[C@@H]1c2nc(cs2)-c2ccc3c(c2)c2c(n3CC)-c3cccnc3C(OC)C2C(C)(C)COC(=O)[C@@H]2CCCN(N2)C(=O)C1N. The van der Waals surface area contributed by atoms with Crippen molar-refractivity contribution in [3.63, 3.8) is 0 Å². The fraction of sp³-hybridized carbons (Fsp3) is 0.486. The van der Waals surface area contributed by atoms with Crippen molar-refractivity contribution < 1.29 is 23.8 Å². The lowest BCUT2D eigenvalue weighted by Crippen LogP contribution is -2.60. The average molecular weight is 659 g/mol. The van der Waals surface area contributed by atoms with Crippen LogP contribution in [0.15, 0.2) is 41.9 Å². The Bertz CT molecular complexity index is 1830. The molecule has 5 atom stereocenters. The predicted octanol–water partition coefficient (Wildman–Crippen LogP) is 5.11. The molecule has 6 bridgehead atoms. The van der Waals surface area contributed by atoms with Gasteiger partial charge in [-0.25, -0.2) is 10.4 Å². The van der Waals surface area contributed by atoms with Crippen LogP contribution in [0.1, 0.15) is 74.9 Å². The van der Waals surface area contributed by atoms with Crippen molar-refractivity contribution in [1.82, 2.24) is 25.0 Å². The van der Waals surface area contributed by atoms with Crippen LogP contribution in [0.4, 0.5) is 0 Å². The third kappa shape index (κ3) is 5.26. The minimum Gasteiger partial charge on any atom is -0.464 e. The Hall–Kier alpha value is -3.68. The van der Waals surface area contributed by atoms with E-state index in [2.05, 4.69) is 55.0 Å². The number of thiazole rings is 1. The van der Waals surface area contributed by atoms with Crippen molar-refractivity contribution in [2.24, 2.45) is 11.1 Å². The summed E-state index contributed by atoms with van der Waals surface area (Å²) in [5, 5.41) is 5.16. The van der Waals surface area contributed by atoms with Gasteiger partial charge in [0.1, 0.15) is 29.3 Å². The molecule has 5 heterocycles. The number of aromatic nitrogens is 3. The Kier molecular flexibility index (Phi) is 8.42. The molecule has 4 aromatic rings. The van der Waals surface area contributed by atoms with E-state index in [-0.39, 0.29) is 24.5 Å². The summed E-state index contributed by atoms with van der Waals surface area (Å²) in [4.78, 5) is 37.1. The van der Waals surface area contributed by atoms with Crippen molar-refractivity contribution in [3.8, 4) is 22.5 Å². The number of fused-ring (bicyclic) bond motifs is 8. The largest absolute Gasteiger partial charge is 0.464 e. The van der Waals surface area contributed by atoms with Crippen molar-refractivity contribution in [3.05, 3.63) is 58.2 Å². The first-order chi connectivity index (χ1) is 22.7. The van der Waals surface area contributed by atoms with E-state index >= 15 is 0 Å². The molecule has 1 amide bonds. The fourth-order valence-corrected chi connectivity index (χ4v) is 8.53. The Balaban J connectivity index is 1.46. The van der Waals surface area contributed by atoms with Crippen molar-refractivity contribution in [2.75, 3.05) is 26.9 Å². The van der Waals surface area contributed by atoms with Crippen LogP contribution in [-0.2, 0) is 30.3 Å². The lowest BCUT2D eigenvalue weighted by atomic mass is 9.67. The Morgan fingerprint density at radius 2 is 2.02 bits per heavy atom. The zero-order valence-corrected chi connectivity index (χ0v) is 28.3. The molecule has 1 aliphatic carbocycles. The molecule has 1 fully saturated rings. The molecule has 0 saturated carbocycles. The van der Waals surface area contributed by atoms with Crippen molar-refractivity contribution in [2.45, 2.75) is 77.3 Å². The number of amides is 1. The second kappa shape index (κ2) is 12.4. The van der Waals surface area contributed by atoms with Crippen LogP contribution in [0.2, 0.25) is 0 Å². The summed E-state index contributed by atoms with van der Waals surface area (Å²) in [5.74, 6) is -0.959. The molecular weight excluding hydrogens is 616 g/mol. The summed E-state index contributed by atoms with van der Waals surface area (Å²) in [7, 11) is 1.72. The van der Waals surface area contributed by atoms with E-state index in [1.54, 1.807) is 7.11 Å². The normalized spacial score (nSPS) is 25.7. The molecule has 11 nitrogen and oxygen atoms in total. The van der Waals surface area contributed by atoms with Crippen LogP contribution < -0.4 is 11.2 Å². The van der Waals surface area contributed by atoms with E-state index in [0.717, 1.165) is 51.2 Å². The molecule has 1 saturated heterocycles. The van der Waals surface area contributed by atoms with Gasteiger partial charge in [0.05, 0.1) is 23.7 Å². The van der Waals surface area contributed by atoms with E-state index in [1.165, 1.54) is 16.3 Å². The Labute approximate surface area is 278 Å². The van der Waals surface area contributed by atoms with Gasteiger partial charge in [-0.05, 0) is 56.5 Å². The van der Waals surface area contributed by atoms with Gasteiger partial charge in [-0.15, -0.1) is 11.3 Å². The van der Waals surface area contributed by atoms with Gasteiger partial charge < -0.3 is 24.5 Å². The first-order valence-corrected chi connectivity index (χ1v) is 17.3. The maximum atomic E-state index is 13.7. The quantitative estimate of drug-likeness (QED) is 0.287. The molecule has 0 radical (unpaired) electrons. The predicted molar refractivity (Wildman–Crippen MR) is 179 cm³/mol. The highest BCUT2D eigenvalue weighted by Gasteiger charge is 2.47. The number of rotatable bonds is 4. The van der Waals surface area contributed by atoms with Crippen LogP contribution in [0, 0.1) is 5.41 Å². The first-order valence-electron chi connectivity index (χ1n) is 16.4. The van der Waals surface area contributed by atoms with Gasteiger partial charge in [-0.3, -0.25) is 19.6 Å². The molecule has 3 aliphatic rings. The van der Waals surface area contributed by atoms with Gasteiger partial charge in [-0.1, -0.05) is 19.9 Å². The third-order valence-electron chi connectivity index (χ3n) is 9.83. The van der Waals surface area contributed by atoms with Gasteiger partial charge in [-0.2, -0.15) is 0 Å².